The smallest absolute Gasteiger partial charge is 0.233 e. The molecule has 0 aliphatic carbocycles. The van der Waals surface area contributed by atoms with Crippen molar-refractivity contribution in [1.82, 2.24) is 15.1 Å². The molecule has 27 heavy (non-hydrogen) atoms. The molecule has 2 aromatic rings. The van der Waals surface area contributed by atoms with Crippen molar-refractivity contribution >= 4 is 49.7 Å². The molecular weight excluding hydrogens is 404 g/mol. The Labute approximate surface area is 167 Å². The van der Waals surface area contributed by atoms with Crippen LogP contribution in [-0.2, 0) is 14.6 Å². The van der Waals surface area contributed by atoms with E-state index in [9.17, 15) is 13.2 Å². The highest BCUT2D eigenvalue weighted by atomic mass is 32.2. The van der Waals surface area contributed by atoms with E-state index in [1.54, 1.807) is 11.9 Å². The summed E-state index contributed by atoms with van der Waals surface area (Å²) in [7, 11) is -1.33. The number of rotatable bonds is 6. The molecule has 7 nitrogen and oxygen atoms in total. The molecule has 1 aliphatic rings. The molecule has 1 aromatic heterocycles. The number of carbonyl (C=O) groups is 1. The van der Waals surface area contributed by atoms with Crippen LogP contribution in [0.4, 0.5) is 10.8 Å². The maximum Gasteiger partial charge on any atom is 0.233 e. The molecule has 0 radical (unpaired) electrons. The van der Waals surface area contributed by atoms with Gasteiger partial charge in [0.2, 0.25) is 11.0 Å². The zero-order valence-corrected chi connectivity index (χ0v) is 17.9. The third-order valence-corrected chi connectivity index (χ3v) is 8.43. The molecule has 1 saturated heterocycles. The highest BCUT2D eigenvalue weighted by molar-refractivity contribution is 8.01. The number of benzene rings is 1. The summed E-state index contributed by atoms with van der Waals surface area (Å²) in [4.78, 5) is 13.9. The number of amides is 1. The minimum atomic E-state index is -3.00. The lowest BCUT2D eigenvalue weighted by Crippen LogP contribution is -2.38. The van der Waals surface area contributed by atoms with Crippen LogP contribution in [0.1, 0.15) is 17.5 Å². The number of carbonyl (C=O) groups excluding carboxylic acids is 1. The number of sulfone groups is 1. The second-order valence-corrected chi connectivity index (χ2v) is 11.0. The molecule has 1 amide bonds. The van der Waals surface area contributed by atoms with Gasteiger partial charge < -0.3 is 10.2 Å². The predicted molar refractivity (Wildman–Crippen MR) is 110 cm³/mol. The molecular formula is C17H22N4O3S3. The van der Waals surface area contributed by atoms with E-state index in [0.717, 1.165) is 11.3 Å². The summed E-state index contributed by atoms with van der Waals surface area (Å²) in [6, 6.07) is 5.81. The summed E-state index contributed by atoms with van der Waals surface area (Å²) in [6.07, 6.45) is 0.512. The highest BCUT2D eigenvalue weighted by Crippen LogP contribution is 2.29. The Bertz CT molecular complexity index is 943. The van der Waals surface area contributed by atoms with Crippen LogP contribution in [-0.4, -0.2) is 59.8 Å². The average molecular weight is 427 g/mol. The van der Waals surface area contributed by atoms with Gasteiger partial charge in [-0.25, -0.2) is 8.42 Å². The molecule has 1 atom stereocenters. The monoisotopic (exact) mass is 426 g/mol. The Balaban J connectivity index is 1.55. The van der Waals surface area contributed by atoms with E-state index in [-0.39, 0.29) is 29.2 Å². The van der Waals surface area contributed by atoms with Crippen molar-refractivity contribution in [3.05, 3.63) is 29.3 Å². The van der Waals surface area contributed by atoms with E-state index < -0.39 is 9.84 Å². The van der Waals surface area contributed by atoms with Gasteiger partial charge in [-0.2, -0.15) is 0 Å². The van der Waals surface area contributed by atoms with E-state index in [2.05, 4.69) is 28.5 Å². The topological polar surface area (TPSA) is 92.3 Å². The van der Waals surface area contributed by atoms with E-state index in [0.29, 0.717) is 15.9 Å². The number of hydrogen-bond acceptors (Lipinski definition) is 8. The summed E-state index contributed by atoms with van der Waals surface area (Å²) in [5.74, 6) is 0.335. The normalized spacial score (nSPS) is 18.4. The summed E-state index contributed by atoms with van der Waals surface area (Å²) >= 11 is 2.71. The van der Waals surface area contributed by atoms with E-state index in [4.69, 9.17) is 0 Å². The fourth-order valence-corrected chi connectivity index (χ4v) is 6.29. The average Bonchev–Trinajstić information content (AvgIpc) is 3.22. The summed E-state index contributed by atoms with van der Waals surface area (Å²) in [5.41, 5.74) is 3.34. The molecule has 1 aromatic carbocycles. The Morgan fingerprint density at radius 1 is 1.37 bits per heavy atom. The lowest BCUT2D eigenvalue weighted by Gasteiger charge is -2.22. The molecule has 0 spiro atoms. The number of nitrogens with zero attached hydrogens (tertiary/aromatic N) is 3. The van der Waals surface area contributed by atoms with Crippen molar-refractivity contribution in [2.75, 3.05) is 29.6 Å². The van der Waals surface area contributed by atoms with Gasteiger partial charge in [0.05, 0.1) is 17.3 Å². The van der Waals surface area contributed by atoms with Crippen molar-refractivity contribution < 1.29 is 13.2 Å². The second-order valence-electron chi connectivity index (χ2n) is 6.60. The molecule has 0 saturated carbocycles. The van der Waals surface area contributed by atoms with Gasteiger partial charge in [0.15, 0.2) is 14.2 Å². The number of hydrogen-bond donors (Lipinski definition) is 1. The summed E-state index contributed by atoms with van der Waals surface area (Å²) < 4.78 is 23.9. The van der Waals surface area contributed by atoms with E-state index >= 15 is 0 Å². The Morgan fingerprint density at radius 3 is 2.85 bits per heavy atom. The molecule has 146 valence electrons. The van der Waals surface area contributed by atoms with Crippen molar-refractivity contribution in [3.63, 3.8) is 0 Å². The van der Waals surface area contributed by atoms with Gasteiger partial charge in [0, 0.05) is 18.8 Å². The van der Waals surface area contributed by atoms with E-state index in [1.807, 2.05) is 19.1 Å². The van der Waals surface area contributed by atoms with Crippen LogP contribution in [0.15, 0.2) is 22.5 Å². The number of thioether (sulfide) groups is 1. The number of aromatic nitrogens is 2. The summed E-state index contributed by atoms with van der Waals surface area (Å²) in [6.45, 7) is 4.10. The van der Waals surface area contributed by atoms with Gasteiger partial charge in [-0.1, -0.05) is 35.2 Å². The lowest BCUT2D eigenvalue weighted by molar-refractivity contribution is -0.128. The van der Waals surface area contributed by atoms with Gasteiger partial charge in [-0.15, -0.1) is 10.2 Å². The van der Waals surface area contributed by atoms with Crippen LogP contribution < -0.4 is 5.32 Å². The molecule has 0 bridgehead atoms. The highest BCUT2D eigenvalue weighted by Gasteiger charge is 2.32. The Morgan fingerprint density at radius 2 is 2.15 bits per heavy atom. The predicted octanol–water partition coefficient (Wildman–Crippen LogP) is 2.64. The van der Waals surface area contributed by atoms with Crippen LogP contribution in [0.25, 0.3) is 0 Å². The fourth-order valence-electron chi connectivity index (χ4n) is 2.83. The van der Waals surface area contributed by atoms with Gasteiger partial charge >= 0.3 is 0 Å². The fraction of sp³-hybridized carbons (Fsp3) is 0.471. The third-order valence-electron chi connectivity index (χ3n) is 4.72. The van der Waals surface area contributed by atoms with Crippen LogP contribution in [0.2, 0.25) is 0 Å². The second kappa shape index (κ2) is 8.15. The van der Waals surface area contributed by atoms with Crippen molar-refractivity contribution in [3.8, 4) is 0 Å². The van der Waals surface area contributed by atoms with Gasteiger partial charge in [-0.3, -0.25) is 4.79 Å². The van der Waals surface area contributed by atoms with Gasteiger partial charge in [-0.05, 0) is 37.5 Å². The first-order chi connectivity index (χ1) is 12.7. The van der Waals surface area contributed by atoms with Crippen LogP contribution >= 0.6 is 23.1 Å². The molecule has 10 heteroatoms. The van der Waals surface area contributed by atoms with Gasteiger partial charge in [0.1, 0.15) is 0 Å². The molecule has 0 unspecified atom stereocenters. The maximum absolute atomic E-state index is 12.3. The Kier molecular flexibility index (Phi) is 6.07. The van der Waals surface area contributed by atoms with Crippen molar-refractivity contribution in [1.29, 1.82) is 0 Å². The maximum atomic E-state index is 12.3. The Hall–Kier alpha value is -1.65. The standard InChI is InChI=1S/C17H22N4O3S3/c1-11-5-4-6-14(12(11)2)18-16-19-20-17(26-16)25-9-15(22)21(3)13-7-8-27(23,24)10-13/h4-6,13H,7-10H2,1-3H3,(H,18,19)/t13-/m1/s1. The molecule has 2 heterocycles. The number of nitrogens with one attached hydrogen (secondary N) is 1. The zero-order valence-electron chi connectivity index (χ0n) is 15.4. The SMILES string of the molecule is Cc1cccc(Nc2nnc(SCC(=O)N(C)[C@@H]3CCS(=O)(=O)C3)s2)c1C. The summed E-state index contributed by atoms with van der Waals surface area (Å²) in [5, 5.41) is 12.2. The lowest BCUT2D eigenvalue weighted by atomic mass is 10.1. The minimum Gasteiger partial charge on any atom is -0.341 e. The first-order valence-corrected chi connectivity index (χ1v) is 12.1. The first kappa shape index (κ1) is 20.1. The van der Waals surface area contributed by atoms with Gasteiger partial charge in [0.25, 0.3) is 0 Å². The quantitative estimate of drug-likeness (QED) is 0.710. The molecule has 3 rings (SSSR count). The van der Waals surface area contributed by atoms with E-state index in [1.165, 1.54) is 28.7 Å². The first-order valence-electron chi connectivity index (χ1n) is 8.51. The molecule has 1 fully saturated rings. The minimum absolute atomic E-state index is 0.0582. The largest absolute Gasteiger partial charge is 0.341 e. The number of anilines is 2. The number of aryl methyl sites for hydroxylation is 1. The third kappa shape index (κ3) is 4.99. The molecule has 1 aliphatic heterocycles. The zero-order chi connectivity index (χ0) is 19.6. The van der Waals surface area contributed by atoms with Crippen LogP contribution in [0, 0.1) is 13.8 Å². The molecule has 1 N–H and O–H groups in total. The van der Waals surface area contributed by atoms with Crippen molar-refractivity contribution in [2.24, 2.45) is 0 Å². The van der Waals surface area contributed by atoms with Crippen LogP contribution in [0.5, 0.6) is 0 Å². The van der Waals surface area contributed by atoms with Crippen molar-refractivity contribution in [2.45, 2.75) is 30.6 Å². The van der Waals surface area contributed by atoms with Crippen LogP contribution in [0.3, 0.4) is 0 Å².